The molecular weight excluding hydrogens is 346 g/mol. The van der Waals surface area contributed by atoms with Gasteiger partial charge in [-0.2, -0.15) is 0 Å². The second-order valence-electron chi connectivity index (χ2n) is 7.16. The van der Waals surface area contributed by atoms with E-state index in [0.717, 1.165) is 0 Å². The first-order chi connectivity index (χ1) is 12.7. The SMILES string of the molecule is CCC[C@H](N[C@@H](C)C(=O)O)C(=O)N(c1ccccc1)[C@@H](CC(C)C)C(N)=O. The smallest absolute Gasteiger partial charge is 0.320 e. The predicted molar refractivity (Wildman–Crippen MR) is 105 cm³/mol. The number of aliphatic carboxylic acids is 1. The Balaban J connectivity index is 3.31. The minimum atomic E-state index is -1.04. The summed E-state index contributed by atoms with van der Waals surface area (Å²) in [7, 11) is 0. The van der Waals surface area contributed by atoms with Gasteiger partial charge in [-0.15, -0.1) is 0 Å². The highest BCUT2D eigenvalue weighted by atomic mass is 16.4. The number of nitrogens with one attached hydrogen (secondary N) is 1. The maximum atomic E-state index is 13.4. The van der Waals surface area contributed by atoms with E-state index < -0.39 is 30.0 Å². The molecular formula is C20H31N3O4. The number of benzene rings is 1. The van der Waals surface area contributed by atoms with E-state index >= 15 is 0 Å². The molecule has 0 aliphatic heterocycles. The lowest BCUT2D eigenvalue weighted by Gasteiger charge is -2.34. The Morgan fingerprint density at radius 1 is 1.15 bits per heavy atom. The Hall–Kier alpha value is -2.41. The van der Waals surface area contributed by atoms with Crippen molar-refractivity contribution < 1.29 is 19.5 Å². The molecule has 0 saturated carbocycles. The van der Waals surface area contributed by atoms with Crippen molar-refractivity contribution in [3.63, 3.8) is 0 Å². The van der Waals surface area contributed by atoms with Gasteiger partial charge in [0.1, 0.15) is 12.1 Å². The fourth-order valence-corrected chi connectivity index (χ4v) is 2.95. The van der Waals surface area contributed by atoms with Crippen molar-refractivity contribution in [3.05, 3.63) is 30.3 Å². The molecule has 7 heteroatoms. The maximum absolute atomic E-state index is 13.4. The molecule has 150 valence electrons. The molecule has 0 heterocycles. The van der Waals surface area contributed by atoms with Crippen molar-refractivity contribution in [2.24, 2.45) is 11.7 Å². The van der Waals surface area contributed by atoms with Gasteiger partial charge < -0.3 is 10.8 Å². The van der Waals surface area contributed by atoms with Crippen LogP contribution in [0.15, 0.2) is 30.3 Å². The van der Waals surface area contributed by atoms with Crippen LogP contribution >= 0.6 is 0 Å². The van der Waals surface area contributed by atoms with Crippen LogP contribution in [0.4, 0.5) is 5.69 Å². The number of carbonyl (C=O) groups excluding carboxylic acids is 2. The van der Waals surface area contributed by atoms with Gasteiger partial charge in [0.15, 0.2) is 0 Å². The van der Waals surface area contributed by atoms with Crippen LogP contribution in [0.2, 0.25) is 0 Å². The van der Waals surface area contributed by atoms with Crippen molar-refractivity contribution in [1.29, 1.82) is 0 Å². The fraction of sp³-hybridized carbons (Fsp3) is 0.550. The lowest BCUT2D eigenvalue weighted by atomic mass is 9.99. The zero-order chi connectivity index (χ0) is 20.6. The minimum Gasteiger partial charge on any atom is -0.480 e. The lowest BCUT2D eigenvalue weighted by molar-refractivity contribution is -0.139. The van der Waals surface area contributed by atoms with Gasteiger partial charge in [0.05, 0.1) is 6.04 Å². The Bertz CT molecular complexity index is 633. The molecule has 1 rings (SSSR count). The molecule has 0 aromatic heterocycles. The number of primary amides is 1. The molecule has 2 amide bonds. The first-order valence-corrected chi connectivity index (χ1v) is 9.35. The maximum Gasteiger partial charge on any atom is 0.320 e. The van der Waals surface area contributed by atoms with Crippen molar-refractivity contribution in [1.82, 2.24) is 5.32 Å². The van der Waals surface area contributed by atoms with Crippen molar-refractivity contribution in [3.8, 4) is 0 Å². The summed E-state index contributed by atoms with van der Waals surface area (Å²) in [6.45, 7) is 7.32. The van der Waals surface area contributed by atoms with E-state index in [4.69, 9.17) is 5.73 Å². The predicted octanol–water partition coefficient (Wildman–Crippen LogP) is 2.15. The highest BCUT2D eigenvalue weighted by Gasteiger charge is 2.35. The van der Waals surface area contributed by atoms with E-state index in [-0.39, 0.29) is 11.8 Å². The van der Waals surface area contributed by atoms with Gasteiger partial charge >= 0.3 is 5.97 Å². The number of rotatable bonds is 11. The average molecular weight is 377 g/mol. The normalized spacial score (nSPS) is 14.4. The van der Waals surface area contributed by atoms with Gasteiger partial charge in [0, 0.05) is 5.69 Å². The largest absolute Gasteiger partial charge is 0.480 e. The molecule has 0 aliphatic rings. The van der Waals surface area contributed by atoms with Crippen LogP contribution in [0.3, 0.4) is 0 Å². The van der Waals surface area contributed by atoms with Crippen LogP contribution in [-0.2, 0) is 14.4 Å². The standard InChI is InChI=1S/C20H31N3O4/c1-5-9-16(22-14(4)20(26)27)19(25)23(15-10-7-6-8-11-15)17(18(21)24)12-13(2)3/h6-8,10-11,13-14,16-17,22H,5,9,12H2,1-4H3,(H2,21,24)(H,26,27)/t14-,16-,17-/m0/s1. The summed E-state index contributed by atoms with van der Waals surface area (Å²) in [6.07, 6.45) is 1.56. The highest BCUT2D eigenvalue weighted by molar-refractivity contribution is 6.03. The fourth-order valence-electron chi connectivity index (χ4n) is 2.95. The molecule has 4 N–H and O–H groups in total. The molecule has 0 bridgehead atoms. The Labute approximate surface area is 160 Å². The van der Waals surface area contributed by atoms with Crippen LogP contribution in [0, 0.1) is 5.92 Å². The molecule has 27 heavy (non-hydrogen) atoms. The molecule has 0 spiro atoms. The van der Waals surface area contributed by atoms with Gasteiger partial charge in [-0.1, -0.05) is 45.4 Å². The summed E-state index contributed by atoms with van der Waals surface area (Å²) in [6, 6.07) is 6.46. The molecule has 1 aromatic rings. The molecule has 0 saturated heterocycles. The molecule has 0 unspecified atom stereocenters. The molecule has 0 aliphatic carbocycles. The van der Waals surface area contributed by atoms with Gasteiger partial charge in [-0.05, 0) is 37.8 Å². The van der Waals surface area contributed by atoms with E-state index in [2.05, 4.69) is 5.32 Å². The molecule has 0 fully saturated rings. The minimum absolute atomic E-state index is 0.150. The number of carboxylic acid groups (broad SMARTS) is 1. The van der Waals surface area contributed by atoms with E-state index in [9.17, 15) is 19.5 Å². The van der Waals surface area contributed by atoms with Crippen LogP contribution in [0.25, 0.3) is 0 Å². The Kier molecular flexibility index (Phi) is 8.94. The number of anilines is 1. The van der Waals surface area contributed by atoms with E-state index in [1.807, 2.05) is 26.8 Å². The second kappa shape index (κ2) is 10.7. The van der Waals surface area contributed by atoms with Crippen molar-refractivity contribution in [2.45, 2.75) is 65.1 Å². The van der Waals surface area contributed by atoms with Crippen LogP contribution < -0.4 is 16.0 Å². The number of hydrogen-bond acceptors (Lipinski definition) is 4. The summed E-state index contributed by atoms with van der Waals surface area (Å²) in [4.78, 5) is 38.2. The van der Waals surface area contributed by atoms with Crippen LogP contribution in [-0.4, -0.2) is 41.0 Å². The number of carbonyl (C=O) groups is 3. The summed E-state index contributed by atoms with van der Waals surface area (Å²) in [5.74, 6) is -1.82. The quantitative estimate of drug-likeness (QED) is 0.547. The highest BCUT2D eigenvalue weighted by Crippen LogP contribution is 2.23. The summed E-state index contributed by atoms with van der Waals surface area (Å²) < 4.78 is 0. The topological polar surface area (TPSA) is 113 Å². The van der Waals surface area contributed by atoms with E-state index in [1.165, 1.54) is 11.8 Å². The zero-order valence-corrected chi connectivity index (χ0v) is 16.5. The van der Waals surface area contributed by atoms with E-state index in [0.29, 0.717) is 24.9 Å². The third-order valence-electron chi connectivity index (χ3n) is 4.30. The molecule has 3 atom stereocenters. The second-order valence-corrected chi connectivity index (χ2v) is 7.16. The van der Waals surface area contributed by atoms with Gasteiger partial charge in [-0.25, -0.2) is 0 Å². The first-order valence-electron chi connectivity index (χ1n) is 9.35. The zero-order valence-electron chi connectivity index (χ0n) is 16.5. The molecule has 7 nitrogen and oxygen atoms in total. The number of amides is 2. The summed E-state index contributed by atoms with van der Waals surface area (Å²) in [5.41, 5.74) is 6.20. The van der Waals surface area contributed by atoms with Crippen molar-refractivity contribution in [2.75, 3.05) is 4.90 Å². The molecule has 1 aromatic carbocycles. The first kappa shape index (κ1) is 22.6. The monoisotopic (exact) mass is 377 g/mol. The van der Waals surface area contributed by atoms with Crippen LogP contribution in [0.5, 0.6) is 0 Å². The third-order valence-corrected chi connectivity index (χ3v) is 4.30. The average Bonchev–Trinajstić information content (AvgIpc) is 2.60. The number of nitrogens with two attached hydrogens (primary N) is 1. The van der Waals surface area contributed by atoms with Gasteiger partial charge in [0.25, 0.3) is 0 Å². The number of para-hydroxylation sites is 1. The van der Waals surface area contributed by atoms with Crippen LogP contribution in [0.1, 0.15) is 47.0 Å². The van der Waals surface area contributed by atoms with E-state index in [1.54, 1.807) is 24.3 Å². The Morgan fingerprint density at radius 2 is 1.74 bits per heavy atom. The number of hydrogen-bond donors (Lipinski definition) is 3. The van der Waals surface area contributed by atoms with Crippen molar-refractivity contribution >= 4 is 23.5 Å². The Morgan fingerprint density at radius 3 is 2.19 bits per heavy atom. The number of nitrogens with zero attached hydrogens (tertiary/aromatic N) is 1. The summed E-state index contributed by atoms with van der Waals surface area (Å²) >= 11 is 0. The summed E-state index contributed by atoms with van der Waals surface area (Å²) in [5, 5.41) is 12.1. The third kappa shape index (κ3) is 6.67. The molecule has 0 radical (unpaired) electrons. The number of carboxylic acids is 1. The van der Waals surface area contributed by atoms with Gasteiger partial charge in [0.2, 0.25) is 11.8 Å². The van der Waals surface area contributed by atoms with Gasteiger partial charge in [-0.3, -0.25) is 24.6 Å². The lowest BCUT2D eigenvalue weighted by Crippen LogP contribution is -2.57.